The average Bonchev–Trinajstić information content (AvgIpc) is 1.48. The molecule has 90 heavy (non-hydrogen) atoms. The number of nitrogens with zero attached hydrogens (tertiary/aromatic N) is 1. The first kappa shape index (κ1) is 61.0. The molecule has 0 heterocycles. The average molecular weight is 1170 g/mol. The molecule has 0 saturated carbocycles. The normalized spacial score (nSPS) is 14.2. The number of benzene rings is 10. The van der Waals surface area contributed by atoms with Crippen LogP contribution in [0.25, 0.3) is 33.4 Å². The van der Waals surface area contributed by atoms with Crippen molar-refractivity contribution in [2.45, 2.75) is 179 Å². The third-order valence-corrected chi connectivity index (χ3v) is 23.1. The summed E-state index contributed by atoms with van der Waals surface area (Å²) in [6.45, 7) is 43.2. The Morgan fingerprint density at radius 1 is 0.278 bits per heavy atom. The van der Waals surface area contributed by atoms with Crippen molar-refractivity contribution in [3.05, 3.63) is 264 Å². The van der Waals surface area contributed by atoms with Gasteiger partial charge in [-0.15, -0.1) is 0 Å². The predicted octanol–water partition coefficient (Wildman–Crippen LogP) is 19.1. The highest BCUT2D eigenvalue weighted by atomic mass is 15.1. The van der Waals surface area contributed by atoms with Crippen molar-refractivity contribution in [2.24, 2.45) is 0 Å². The molecule has 0 atom stereocenters. The second kappa shape index (κ2) is 22.8. The summed E-state index contributed by atoms with van der Waals surface area (Å²) in [6.07, 6.45) is 5.97. The van der Waals surface area contributed by atoms with Crippen LogP contribution in [0, 0.1) is 83.1 Å². The summed E-state index contributed by atoms with van der Waals surface area (Å²) in [5.41, 5.74) is 45.7. The van der Waals surface area contributed by atoms with Crippen molar-refractivity contribution < 1.29 is 0 Å². The SMILES string of the molecule is CCC1(CC)c2cc(B(c3c(C)cc(C)cc3C)c3c(C)cc(C)cc3C)ccc2-c2c1c1c(c3c2C(CC)(CC)c2cc(N(c4ccccc4)c4ccccc4)ccc2-3)C(CC)(CC)c2cc(B(c3c(C)cc(C)cc3C)c3c(C)cc(C)cc3C)ccc2-1. The minimum absolute atomic E-state index is 0.0646. The molecule has 3 aliphatic carbocycles. The molecule has 1 nitrogen and oxygen atoms in total. The lowest BCUT2D eigenvalue weighted by atomic mass is 9.34. The van der Waals surface area contributed by atoms with Gasteiger partial charge in [-0.1, -0.05) is 268 Å². The van der Waals surface area contributed by atoms with Gasteiger partial charge >= 0.3 is 0 Å². The summed E-state index contributed by atoms with van der Waals surface area (Å²) >= 11 is 0. The van der Waals surface area contributed by atoms with E-state index in [9.17, 15) is 0 Å². The standard InChI is InChI=1S/C87H93B2N/c1-19-85(20-2)73-50-65(89(83-60(15)45-54(9)46-61(83)16)84-62(17)47-55(10)48-63(84)18)36-39-70(73)76-78(85)75-69-38-35-64(88(81-56(11)41-52(7)42-57(81)12)82-58(13)43-53(8)44-59(82)14)49-72(69)86(21-3,22-4)79(75)77-71-40-37-68(51-74(71)87(23-5,24-6)80(76)77)90(66-31-27-25-28-32-66)67-33-29-26-30-34-67/h25-51H,19-24H2,1-18H3. The van der Waals surface area contributed by atoms with Crippen molar-refractivity contribution in [2.75, 3.05) is 4.90 Å². The van der Waals surface area contributed by atoms with Crippen molar-refractivity contribution in [1.29, 1.82) is 0 Å². The Bertz CT molecular complexity index is 4150. The molecule has 0 radical (unpaired) electrons. The van der Waals surface area contributed by atoms with Crippen LogP contribution in [0.2, 0.25) is 0 Å². The van der Waals surface area contributed by atoms with E-state index in [4.69, 9.17) is 0 Å². The van der Waals surface area contributed by atoms with Gasteiger partial charge in [0.2, 0.25) is 13.4 Å². The maximum Gasteiger partial charge on any atom is 0.242 e. The van der Waals surface area contributed by atoms with Gasteiger partial charge in [-0.05, 0) is 225 Å². The second-order valence-corrected chi connectivity index (χ2v) is 28.1. The molecule has 10 aromatic carbocycles. The Kier molecular flexibility index (Phi) is 15.5. The van der Waals surface area contributed by atoms with Crippen LogP contribution in [0.15, 0.2) is 164 Å². The molecular weight excluding hydrogens is 1080 g/mol. The summed E-state index contributed by atoms with van der Waals surface area (Å²) in [5, 5.41) is 0. The molecule has 0 aliphatic heterocycles. The second-order valence-electron chi connectivity index (χ2n) is 28.1. The van der Waals surface area contributed by atoms with Gasteiger partial charge in [0.25, 0.3) is 0 Å². The molecule has 0 saturated heterocycles. The van der Waals surface area contributed by atoms with Crippen LogP contribution in [0.5, 0.6) is 0 Å². The van der Waals surface area contributed by atoms with Crippen molar-refractivity contribution in [3.63, 3.8) is 0 Å². The van der Waals surface area contributed by atoms with E-state index in [0.717, 1.165) is 49.9 Å². The molecular formula is C87H93B2N. The van der Waals surface area contributed by atoms with Crippen LogP contribution < -0.4 is 37.7 Å². The largest absolute Gasteiger partial charge is 0.310 e. The van der Waals surface area contributed by atoms with Crippen molar-refractivity contribution >= 4 is 63.3 Å². The van der Waals surface area contributed by atoms with E-state index in [-0.39, 0.29) is 29.7 Å². The fourth-order valence-corrected chi connectivity index (χ4v) is 19.5. The van der Waals surface area contributed by atoms with Crippen LogP contribution in [0.1, 0.15) is 180 Å². The van der Waals surface area contributed by atoms with Crippen LogP contribution in [0.3, 0.4) is 0 Å². The molecule has 0 fully saturated rings. The monoisotopic (exact) mass is 1170 g/mol. The van der Waals surface area contributed by atoms with E-state index in [1.807, 2.05) is 0 Å². The number of rotatable bonds is 15. The van der Waals surface area contributed by atoms with Gasteiger partial charge in [0.1, 0.15) is 0 Å². The Morgan fingerprint density at radius 3 is 0.800 bits per heavy atom. The van der Waals surface area contributed by atoms with E-state index in [1.54, 1.807) is 16.7 Å². The quantitative estimate of drug-likeness (QED) is 0.0925. The van der Waals surface area contributed by atoms with E-state index >= 15 is 0 Å². The first-order valence-corrected chi connectivity index (χ1v) is 34.2. The lowest BCUT2D eigenvalue weighted by Gasteiger charge is -2.37. The highest BCUT2D eigenvalue weighted by Crippen LogP contribution is 2.70. The van der Waals surface area contributed by atoms with E-state index in [0.29, 0.717) is 0 Å². The summed E-state index contributed by atoms with van der Waals surface area (Å²) in [6, 6.07) is 65.1. The maximum atomic E-state index is 2.76. The van der Waals surface area contributed by atoms with Crippen LogP contribution >= 0.6 is 0 Å². The summed E-state index contributed by atoms with van der Waals surface area (Å²) in [5.74, 6) is 0. The molecule has 0 spiro atoms. The number of para-hydroxylation sites is 2. The van der Waals surface area contributed by atoms with Gasteiger partial charge < -0.3 is 4.90 Å². The zero-order valence-corrected chi connectivity index (χ0v) is 57.4. The molecule has 0 aromatic heterocycles. The summed E-state index contributed by atoms with van der Waals surface area (Å²) < 4.78 is 0. The van der Waals surface area contributed by atoms with Gasteiger partial charge in [0, 0.05) is 33.3 Å². The molecule has 0 bridgehead atoms. The molecule has 13 rings (SSSR count). The first-order chi connectivity index (χ1) is 43.3. The number of hydrogen-bond acceptors (Lipinski definition) is 1. The smallest absolute Gasteiger partial charge is 0.242 e. The third kappa shape index (κ3) is 8.92. The predicted molar refractivity (Wildman–Crippen MR) is 393 cm³/mol. The van der Waals surface area contributed by atoms with Crippen molar-refractivity contribution in [1.82, 2.24) is 0 Å². The highest BCUT2D eigenvalue weighted by molar-refractivity contribution is 6.97. The molecule has 0 unspecified atom stereocenters. The molecule has 452 valence electrons. The number of hydrogen-bond donors (Lipinski definition) is 0. The Balaban J connectivity index is 1.16. The Hall–Kier alpha value is -7.87. The molecule has 3 heteroatoms. The van der Waals surface area contributed by atoms with E-state index in [2.05, 4.69) is 293 Å². The van der Waals surface area contributed by atoms with Crippen LogP contribution in [-0.2, 0) is 16.2 Å². The molecule has 10 aromatic rings. The summed E-state index contributed by atoms with van der Waals surface area (Å²) in [4.78, 5) is 2.49. The van der Waals surface area contributed by atoms with E-state index in [1.165, 1.54) is 155 Å². The molecule has 3 aliphatic rings. The van der Waals surface area contributed by atoms with E-state index < -0.39 is 0 Å². The van der Waals surface area contributed by atoms with Gasteiger partial charge in [-0.25, -0.2) is 0 Å². The Labute approximate surface area is 541 Å². The van der Waals surface area contributed by atoms with Gasteiger partial charge in [-0.3, -0.25) is 0 Å². The minimum Gasteiger partial charge on any atom is -0.310 e. The maximum absolute atomic E-state index is 2.76. The van der Waals surface area contributed by atoms with Gasteiger partial charge in [0.05, 0.1) is 0 Å². The van der Waals surface area contributed by atoms with Crippen LogP contribution in [-0.4, -0.2) is 13.4 Å². The zero-order valence-electron chi connectivity index (χ0n) is 57.4. The number of anilines is 3. The molecule has 0 amide bonds. The zero-order chi connectivity index (χ0) is 63.6. The highest BCUT2D eigenvalue weighted by Gasteiger charge is 2.57. The fourth-order valence-electron chi connectivity index (χ4n) is 19.5. The van der Waals surface area contributed by atoms with Gasteiger partial charge in [-0.2, -0.15) is 0 Å². The van der Waals surface area contributed by atoms with Gasteiger partial charge in [0.15, 0.2) is 0 Å². The minimum atomic E-state index is -0.277. The summed E-state index contributed by atoms with van der Waals surface area (Å²) in [7, 11) is 0. The first-order valence-electron chi connectivity index (χ1n) is 34.2. The van der Waals surface area contributed by atoms with Crippen molar-refractivity contribution in [3.8, 4) is 33.4 Å². The third-order valence-electron chi connectivity index (χ3n) is 23.1. The lowest BCUT2D eigenvalue weighted by molar-refractivity contribution is 0.473. The number of fused-ring (bicyclic) bond motifs is 12. The fraction of sp³-hybridized carbons (Fsp3) is 0.310. The topological polar surface area (TPSA) is 3.24 Å². The Morgan fingerprint density at radius 2 is 0.533 bits per heavy atom. The molecule has 0 N–H and O–H groups in total. The lowest BCUT2D eigenvalue weighted by Crippen LogP contribution is -2.56. The van der Waals surface area contributed by atoms with Crippen LogP contribution in [0.4, 0.5) is 17.1 Å². The number of aryl methyl sites for hydroxylation is 12.